The molecule has 3 rings (SSSR count). The van der Waals surface area contributed by atoms with Crippen LogP contribution in [-0.2, 0) is 9.53 Å². The fraction of sp³-hybridized carbons (Fsp3) is 0.158. The molecule has 0 bridgehead atoms. The average molecular weight is 588 g/mol. The zero-order valence-electron chi connectivity index (χ0n) is 15.3. The van der Waals surface area contributed by atoms with Gasteiger partial charge >= 0.3 is 5.97 Å². The molecule has 0 saturated heterocycles. The molecule has 10 heteroatoms. The van der Waals surface area contributed by atoms with Gasteiger partial charge in [-0.3, -0.25) is 4.79 Å². The number of rotatable bonds is 5. The number of carbonyl (C=O) groups excluding carboxylic acids is 1. The highest BCUT2D eigenvalue weighted by molar-refractivity contribution is 9.11. The van der Waals surface area contributed by atoms with E-state index < -0.39 is 5.97 Å². The second-order valence-electron chi connectivity index (χ2n) is 5.86. The molecule has 0 aliphatic rings. The Morgan fingerprint density at radius 2 is 1.90 bits per heavy atom. The number of benzene rings is 2. The van der Waals surface area contributed by atoms with Crippen molar-refractivity contribution in [2.75, 3.05) is 13.7 Å². The van der Waals surface area contributed by atoms with E-state index in [2.05, 4.69) is 62.6 Å². The number of methoxy groups -OCH3 is 1. The number of esters is 1. The first-order valence-electron chi connectivity index (χ1n) is 8.22. The van der Waals surface area contributed by atoms with Crippen molar-refractivity contribution in [3.63, 3.8) is 0 Å². The third-order valence-corrected chi connectivity index (χ3v) is 5.55. The minimum absolute atomic E-state index is 0.214. The highest BCUT2D eigenvalue weighted by Crippen LogP contribution is 2.34. The maximum Gasteiger partial charge on any atom is 0.343 e. The molecule has 1 aromatic heterocycles. The number of hydrogen-bond acceptors (Lipinski definition) is 6. The summed E-state index contributed by atoms with van der Waals surface area (Å²) >= 11 is 10.2. The largest absolute Gasteiger partial charge is 0.480 e. The van der Waals surface area contributed by atoms with Crippen molar-refractivity contribution in [3.05, 3.63) is 65.5 Å². The normalized spacial score (nSPS) is 11.2. The quantitative estimate of drug-likeness (QED) is 0.326. The van der Waals surface area contributed by atoms with Gasteiger partial charge in [0.2, 0.25) is 0 Å². The molecule has 0 N–H and O–H groups in total. The van der Waals surface area contributed by atoms with Gasteiger partial charge in [0.05, 0.1) is 33.2 Å². The summed E-state index contributed by atoms with van der Waals surface area (Å²) in [5.74, 6) is 0.440. The second kappa shape index (κ2) is 9.19. The van der Waals surface area contributed by atoms with Gasteiger partial charge in [-0.25, -0.2) is 9.78 Å². The minimum Gasteiger partial charge on any atom is -0.480 e. The molecule has 0 atom stereocenters. The summed E-state index contributed by atoms with van der Waals surface area (Å²) in [4.78, 5) is 28.5. The van der Waals surface area contributed by atoms with Gasteiger partial charge in [-0.1, -0.05) is 15.9 Å². The van der Waals surface area contributed by atoms with Crippen LogP contribution in [0.2, 0.25) is 0 Å². The number of carbonyl (C=O) groups is 1. The van der Waals surface area contributed by atoms with Gasteiger partial charge in [0, 0.05) is 4.47 Å². The third kappa shape index (κ3) is 4.93. The lowest BCUT2D eigenvalue weighted by molar-refractivity contribution is -0.142. The Bertz CT molecular complexity index is 1170. The van der Waals surface area contributed by atoms with Crippen molar-refractivity contribution in [1.82, 2.24) is 9.66 Å². The molecule has 2 aromatic carbocycles. The molecule has 0 amide bonds. The van der Waals surface area contributed by atoms with E-state index in [9.17, 15) is 9.59 Å². The van der Waals surface area contributed by atoms with Crippen molar-refractivity contribution in [2.24, 2.45) is 5.10 Å². The molecule has 0 aliphatic carbocycles. The minimum atomic E-state index is -0.486. The molecule has 0 saturated carbocycles. The Morgan fingerprint density at radius 3 is 2.55 bits per heavy atom. The summed E-state index contributed by atoms with van der Waals surface area (Å²) in [5, 5.41) is 4.77. The van der Waals surface area contributed by atoms with Crippen LogP contribution in [0.15, 0.2) is 53.6 Å². The molecule has 150 valence electrons. The first-order valence-corrected chi connectivity index (χ1v) is 10.6. The Hall–Kier alpha value is -2.04. The van der Waals surface area contributed by atoms with Crippen molar-refractivity contribution in [1.29, 1.82) is 0 Å². The lowest BCUT2D eigenvalue weighted by Gasteiger charge is -2.10. The first-order chi connectivity index (χ1) is 13.8. The van der Waals surface area contributed by atoms with E-state index in [0.717, 1.165) is 4.47 Å². The van der Waals surface area contributed by atoms with Crippen LogP contribution in [0.25, 0.3) is 10.9 Å². The van der Waals surface area contributed by atoms with E-state index >= 15 is 0 Å². The molecule has 7 nitrogen and oxygen atoms in total. The molecule has 0 fully saturated rings. The maximum absolute atomic E-state index is 12.8. The van der Waals surface area contributed by atoms with Crippen molar-refractivity contribution in [2.45, 2.75) is 6.92 Å². The third-order valence-electron chi connectivity index (χ3n) is 3.88. The number of fused-ring (bicyclic) bond motifs is 1. The Labute approximate surface area is 191 Å². The number of hydrogen-bond donors (Lipinski definition) is 0. The number of aryl methyl sites for hydroxylation is 1. The second-order valence-corrected chi connectivity index (χ2v) is 8.48. The standard InChI is InChI=1S/C19H14Br3N3O4/c1-10-24-16-4-3-12(20)7-13(16)19(27)25(10)23-8-11-5-14(21)18(15(22)6-11)29-9-17(26)28-2/h3-8H,9H2,1-2H3. The van der Waals surface area contributed by atoms with Crippen LogP contribution >= 0.6 is 47.8 Å². The summed E-state index contributed by atoms with van der Waals surface area (Å²) in [6, 6.07) is 8.85. The number of halogens is 3. The number of nitrogens with zero attached hydrogens (tertiary/aromatic N) is 3. The molecule has 3 aromatic rings. The smallest absolute Gasteiger partial charge is 0.343 e. The molecule has 0 radical (unpaired) electrons. The highest BCUT2D eigenvalue weighted by atomic mass is 79.9. The average Bonchev–Trinajstić information content (AvgIpc) is 2.67. The van der Waals surface area contributed by atoms with Gasteiger partial charge in [0.15, 0.2) is 6.61 Å². The van der Waals surface area contributed by atoms with Crippen LogP contribution in [0.1, 0.15) is 11.4 Å². The summed E-state index contributed by atoms with van der Waals surface area (Å²) in [5.41, 5.74) is 1.05. The Kier molecular flexibility index (Phi) is 6.86. The summed E-state index contributed by atoms with van der Waals surface area (Å²) in [6.45, 7) is 1.50. The Balaban J connectivity index is 1.94. The predicted octanol–water partition coefficient (Wildman–Crippen LogP) is 4.43. The first kappa shape index (κ1) is 21.7. The van der Waals surface area contributed by atoms with Crippen LogP contribution in [0.3, 0.4) is 0 Å². The number of aromatic nitrogens is 2. The fourth-order valence-electron chi connectivity index (χ4n) is 2.50. The monoisotopic (exact) mass is 585 g/mol. The van der Waals surface area contributed by atoms with E-state index in [0.29, 0.717) is 37.0 Å². The Morgan fingerprint density at radius 1 is 1.21 bits per heavy atom. The van der Waals surface area contributed by atoms with Gasteiger partial charge in [-0.05, 0) is 74.7 Å². The van der Waals surface area contributed by atoms with Crippen LogP contribution in [-0.4, -0.2) is 35.6 Å². The highest BCUT2D eigenvalue weighted by Gasteiger charge is 2.12. The molecule has 0 spiro atoms. The molecule has 29 heavy (non-hydrogen) atoms. The van der Waals surface area contributed by atoms with E-state index in [1.165, 1.54) is 11.8 Å². The number of ether oxygens (including phenoxy) is 2. The van der Waals surface area contributed by atoms with Crippen molar-refractivity contribution >= 4 is 70.9 Å². The lowest BCUT2D eigenvalue weighted by Crippen LogP contribution is -2.20. The van der Waals surface area contributed by atoms with E-state index in [4.69, 9.17) is 4.74 Å². The van der Waals surface area contributed by atoms with Crippen LogP contribution in [0, 0.1) is 6.92 Å². The fourth-order valence-corrected chi connectivity index (χ4v) is 4.31. The summed E-state index contributed by atoms with van der Waals surface area (Å²) < 4.78 is 13.3. The molecule has 0 aliphatic heterocycles. The zero-order valence-corrected chi connectivity index (χ0v) is 20.0. The van der Waals surface area contributed by atoms with Gasteiger partial charge in [0.1, 0.15) is 11.6 Å². The molecule has 0 unspecified atom stereocenters. The predicted molar refractivity (Wildman–Crippen MR) is 121 cm³/mol. The lowest BCUT2D eigenvalue weighted by atomic mass is 10.2. The van der Waals surface area contributed by atoms with Gasteiger partial charge in [0.25, 0.3) is 5.56 Å². The van der Waals surface area contributed by atoms with Crippen LogP contribution in [0.5, 0.6) is 5.75 Å². The molecular formula is C19H14Br3N3O4. The maximum atomic E-state index is 12.8. The topological polar surface area (TPSA) is 82.8 Å². The van der Waals surface area contributed by atoms with E-state index in [1.807, 2.05) is 6.07 Å². The molecule has 1 heterocycles. The summed E-state index contributed by atoms with van der Waals surface area (Å²) in [6.07, 6.45) is 1.54. The van der Waals surface area contributed by atoms with E-state index in [-0.39, 0.29) is 12.2 Å². The molecular weight excluding hydrogens is 574 g/mol. The van der Waals surface area contributed by atoms with Gasteiger partial charge < -0.3 is 9.47 Å². The SMILES string of the molecule is COC(=O)COc1c(Br)cc(C=Nn2c(C)nc3ccc(Br)cc3c2=O)cc1Br. The van der Waals surface area contributed by atoms with Crippen LogP contribution < -0.4 is 10.3 Å². The zero-order chi connectivity index (χ0) is 21.1. The van der Waals surface area contributed by atoms with Crippen molar-refractivity contribution < 1.29 is 14.3 Å². The van der Waals surface area contributed by atoms with Gasteiger partial charge in [-0.15, -0.1) is 0 Å². The van der Waals surface area contributed by atoms with E-state index in [1.54, 1.807) is 37.4 Å². The van der Waals surface area contributed by atoms with Crippen molar-refractivity contribution in [3.8, 4) is 5.75 Å². The van der Waals surface area contributed by atoms with Crippen LogP contribution in [0.4, 0.5) is 0 Å². The van der Waals surface area contributed by atoms with Gasteiger partial charge in [-0.2, -0.15) is 9.78 Å². The summed E-state index contributed by atoms with van der Waals surface area (Å²) in [7, 11) is 1.29.